The van der Waals surface area contributed by atoms with Crippen molar-refractivity contribution >= 4 is 5.97 Å². The molecule has 1 saturated carbocycles. The third kappa shape index (κ3) is 2.97. The summed E-state index contributed by atoms with van der Waals surface area (Å²) in [6, 6.07) is 0.694. The van der Waals surface area contributed by atoms with Gasteiger partial charge in [-0.05, 0) is 38.1 Å². The van der Waals surface area contributed by atoms with Crippen LogP contribution in [0.1, 0.15) is 51.4 Å². The van der Waals surface area contributed by atoms with Crippen molar-refractivity contribution in [3.05, 3.63) is 0 Å². The van der Waals surface area contributed by atoms with Gasteiger partial charge in [-0.25, -0.2) is 0 Å². The maximum atomic E-state index is 10.6. The number of nitrogens with zero attached hydrogens (tertiary/aromatic N) is 1. The van der Waals surface area contributed by atoms with E-state index in [0.717, 1.165) is 19.0 Å². The molecular weight excluding hydrogens is 202 g/mol. The summed E-state index contributed by atoms with van der Waals surface area (Å²) in [5.74, 6) is 0.194. The zero-order valence-electron chi connectivity index (χ0n) is 10.0. The fourth-order valence-electron chi connectivity index (χ4n) is 3.42. The Kier molecular flexibility index (Phi) is 4.22. The number of carboxylic acids is 1. The molecule has 0 radical (unpaired) electrons. The number of hydrogen-bond donors (Lipinski definition) is 1. The lowest BCUT2D eigenvalue weighted by Gasteiger charge is -2.33. The molecule has 1 saturated heterocycles. The number of hydrogen-bond acceptors (Lipinski definition) is 2. The minimum Gasteiger partial charge on any atom is -0.481 e. The largest absolute Gasteiger partial charge is 0.481 e. The van der Waals surface area contributed by atoms with Gasteiger partial charge < -0.3 is 5.11 Å². The smallest absolute Gasteiger partial charge is 0.304 e. The van der Waals surface area contributed by atoms with Crippen LogP contribution < -0.4 is 0 Å². The molecular formula is C13H23NO2. The Morgan fingerprint density at radius 3 is 2.56 bits per heavy atom. The van der Waals surface area contributed by atoms with Crippen LogP contribution in [0, 0.1) is 5.92 Å². The highest BCUT2D eigenvalue weighted by Crippen LogP contribution is 2.34. The van der Waals surface area contributed by atoms with Crippen molar-refractivity contribution in [3.63, 3.8) is 0 Å². The summed E-state index contributed by atoms with van der Waals surface area (Å²) in [6.07, 6.45) is 9.77. The molecule has 0 aromatic rings. The molecule has 3 heteroatoms. The highest BCUT2D eigenvalue weighted by Gasteiger charge is 2.32. The van der Waals surface area contributed by atoms with E-state index in [0.29, 0.717) is 12.5 Å². The van der Waals surface area contributed by atoms with E-state index in [2.05, 4.69) is 4.90 Å². The molecule has 1 N–H and O–H groups in total. The first-order valence-corrected chi connectivity index (χ1v) is 6.73. The molecule has 2 rings (SSSR count). The fraction of sp³-hybridized carbons (Fsp3) is 0.923. The maximum Gasteiger partial charge on any atom is 0.304 e. The second kappa shape index (κ2) is 5.67. The van der Waals surface area contributed by atoms with Crippen LogP contribution in [0.25, 0.3) is 0 Å². The quantitative estimate of drug-likeness (QED) is 0.799. The van der Waals surface area contributed by atoms with Crippen LogP contribution in [-0.4, -0.2) is 35.1 Å². The average molecular weight is 225 g/mol. The van der Waals surface area contributed by atoms with Gasteiger partial charge in [-0.1, -0.05) is 19.3 Å². The Balaban J connectivity index is 1.84. The number of carboxylic acid groups (broad SMARTS) is 1. The zero-order chi connectivity index (χ0) is 11.4. The van der Waals surface area contributed by atoms with E-state index in [9.17, 15) is 4.79 Å². The van der Waals surface area contributed by atoms with E-state index < -0.39 is 5.97 Å². The highest BCUT2D eigenvalue weighted by atomic mass is 16.4. The lowest BCUT2D eigenvalue weighted by atomic mass is 9.83. The van der Waals surface area contributed by atoms with E-state index in [1.54, 1.807) is 0 Å². The third-order valence-corrected chi connectivity index (χ3v) is 4.22. The van der Waals surface area contributed by atoms with E-state index in [1.807, 2.05) is 0 Å². The monoisotopic (exact) mass is 225 g/mol. The van der Waals surface area contributed by atoms with E-state index in [4.69, 9.17) is 5.11 Å². The van der Waals surface area contributed by atoms with Crippen molar-refractivity contribution in [3.8, 4) is 0 Å². The molecule has 1 aliphatic carbocycles. The Morgan fingerprint density at radius 2 is 1.88 bits per heavy atom. The number of carbonyl (C=O) groups is 1. The molecule has 1 aliphatic heterocycles. The van der Waals surface area contributed by atoms with Gasteiger partial charge in [0, 0.05) is 12.6 Å². The first-order valence-electron chi connectivity index (χ1n) is 6.73. The van der Waals surface area contributed by atoms with Gasteiger partial charge in [0.15, 0.2) is 0 Å². The predicted molar refractivity (Wildman–Crippen MR) is 63.4 cm³/mol. The normalized spacial score (nSPS) is 28.4. The summed E-state index contributed by atoms with van der Waals surface area (Å²) in [6.45, 7) is 1.88. The van der Waals surface area contributed by atoms with Gasteiger partial charge in [-0.15, -0.1) is 0 Å². The van der Waals surface area contributed by atoms with E-state index in [-0.39, 0.29) is 0 Å². The van der Waals surface area contributed by atoms with Crippen LogP contribution in [-0.2, 0) is 4.79 Å². The van der Waals surface area contributed by atoms with E-state index >= 15 is 0 Å². The third-order valence-electron chi connectivity index (χ3n) is 4.22. The standard InChI is InChI=1S/C13H23NO2/c15-13(16)8-10-14-9-4-7-12(14)11-5-2-1-3-6-11/h11-12H,1-10H2,(H,15,16)/t12-/m0/s1. The minimum absolute atomic E-state index is 0.309. The first kappa shape index (κ1) is 11.9. The predicted octanol–water partition coefficient (Wildman–Crippen LogP) is 2.51. The van der Waals surface area contributed by atoms with Crippen LogP contribution in [0.3, 0.4) is 0 Å². The summed E-state index contributed by atoms with van der Waals surface area (Å²) in [4.78, 5) is 13.0. The molecule has 1 atom stereocenters. The molecule has 0 unspecified atom stereocenters. The van der Waals surface area contributed by atoms with Crippen molar-refractivity contribution < 1.29 is 9.90 Å². The average Bonchev–Trinajstić information content (AvgIpc) is 2.75. The lowest BCUT2D eigenvalue weighted by Crippen LogP contribution is -2.37. The van der Waals surface area contributed by atoms with Gasteiger partial charge in [0.1, 0.15) is 0 Å². The van der Waals surface area contributed by atoms with Crippen molar-refractivity contribution in [1.82, 2.24) is 4.90 Å². The van der Waals surface area contributed by atoms with Gasteiger partial charge in [-0.3, -0.25) is 9.69 Å². The molecule has 0 amide bonds. The first-order chi connectivity index (χ1) is 7.77. The molecule has 0 aromatic carbocycles. The Hall–Kier alpha value is -0.570. The van der Waals surface area contributed by atoms with Crippen LogP contribution in [0.4, 0.5) is 0 Å². The summed E-state index contributed by atoms with van der Waals surface area (Å²) < 4.78 is 0. The number of rotatable bonds is 4. The molecule has 1 heterocycles. The van der Waals surface area contributed by atoms with Crippen molar-refractivity contribution in [2.75, 3.05) is 13.1 Å². The van der Waals surface area contributed by atoms with Crippen LogP contribution >= 0.6 is 0 Å². The SMILES string of the molecule is O=C(O)CCN1CCC[C@H]1C1CCCCC1. The molecule has 0 aromatic heterocycles. The van der Waals surface area contributed by atoms with Crippen LogP contribution in [0.15, 0.2) is 0 Å². The van der Waals surface area contributed by atoms with Crippen LogP contribution in [0.5, 0.6) is 0 Å². The van der Waals surface area contributed by atoms with Gasteiger partial charge in [0.25, 0.3) is 0 Å². The highest BCUT2D eigenvalue weighted by molar-refractivity contribution is 5.66. The summed E-state index contributed by atoms with van der Waals surface area (Å²) in [5, 5.41) is 8.74. The van der Waals surface area contributed by atoms with Crippen molar-refractivity contribution in [1.29, 1.82) is 0 Å². The lowest BCUT2D eigenvalue weighted by molar-refractivity contribution is -0.137. The molecule has 92 valence electrons. The Morgan fingerprint density at radius 1 is 1.12 bits per heavy atom. The van der Waals surface area contributed by atoms with Crippen molar-refractivity contribution in [2.45, 2.75) is 57.4 Å². The topological polar surface area (TPSA) is 40.5 Å². The molecule has 0 spiro atoms. The molecule has 2 fully saturated rings. The van der Waals surface area contributed by atoms with Gasteiger partial charge in [0.2, 0.25) is 0 Å². The summed E-state index contributed by atoms with van der Waals surface area (Å²) in [7, 11) is 0. The molecule has 16 heavy (non-hydrogen) atoms. The number of aliphatic carboxylic acids is 1. The van der Waals surface area contributed by atoms with Gasteiger partial charge in [-0.2, -0.15) is 0 Å². The summed E-state index contributed by atoms with van der Waals surface area (Å²) in [5.41, 5.74) is 0. The van der Waals surface area contributed by atoms with Gasteiger partial charge >= 0.3 is 5.97 Å². The molecule has 2 aliphatic rings. The van der Waals surface area contributed by atoms with Gasteiger partial charge in [0.05, 0.1) is 6.42 Å². The van der Waals surface area contributed by atoms with E-state index in [1.165, 1.54) is 44.9 Å². The zero-order valence-corrected chi connectivity index (χ0v) is 10.0. The Labute approximate surface area is 97.8 Å². The second-order valence-corrected chi connectivity index (χ2v) is 5.29. The second-order valence-electron chi connectivity index (χ2n) is 5.29. The molecule has 0 bridgehead atoms. The number of likely N-dealkylation sites (tertiary alicyclic amines) is 1. The van der Waals surface area contributed by atoms with Crippen LogP contribution in [0.2, 0.25) is 0 Å². The molecule has 3 nitrogen and oxygen atoms in total. The minimum atomic E-state index is -0.658. The Bertz CT molecular complexity index is 236. The fourth-order valence-corrected chi connectivity index (χ4v) is 3.42. The summed E-state index contributed by atoms with van der Waals surface area (Å²) >= 11 is 0. The maximum absolute atomic E-state index is 10.6. The van der Waals surface area contributed by atoms with Crippen molar-refractivity contribution in [2.24, 2.45) is 5.92 Å².